The van der Waals surface area contributed by atoms with Crippen molar-refractivity contribution in [3.05, 3.63) is 102 Å². The first-order valence-electron chi connectivity index (χ1n) is 9.64. The molecule has 3 aromatic carbocycles. The standard InChI is InChI=1S/C26H23N3/c1-29(2)23-16-13-20(14-17-23)15-18-26-27-24(21-9-5-3-6-10-21)19-25(28-26)22-11-7-4-8-12-22/h3-19H,1-2H3/b18-15+. The van der Waals surface area contributed by atoms with Gasteiger partial charge in [-0.2, -0.15) is 0 Å². The lowest BCUT2D eigenvalue weighted by molar-refractivity contribution is 1.13. The summed E-state index contributed by atoms with van der Waals surface area (Å²) in [6, 6.07) is 30.9. The van der Waals surface area contributed by atoms with Gasteiger partial charge in [-0.3, -0.25) is 0 Å². The molecule has 0 fully saturated rings. The van der Waals surface area contributed by atoms with Crippen LogP contribution < -0.4 is 4.90 Å². The van der Waals surface area contributed by atoms with Gasteiger partial charge in [0.05, 0.1) is 11.4 Å². The second-order valence-corrected chi connectivity index (χ2v) is 7.05. The molecule has 3 heteroatoms. The Kier molecular flexibility index (Phi) is 5.48. The molecule has 1 heterocycles. The summed E-state index contributed by atoms with van der Waals surface area (Å²) in [4.78, 5) is 11.7. The summed E-state index contributed by atoms with van der Waals surface area (Å²) in [6.45, 7) is 0. The van der Waals surface area contributed by atoms with Crippen LogP contribution in [-0.2, 0) is 0 Å². The van der Waals surface area contributed by atoms with E-state index in [2.05, 4.69) is 59.5 Å². The molecule has 4 rings (SSSR count). The van der Waals surface area contributed by atoms with Gasteiger partial charge in [0.25, 0.3) is 0 Å². The maximum Gasteiger partial charge on any atom is 0.153 e. The summed E-state index contributed by atoms with van der Waals surface area (Å²) in [6.07, 6.45) is 4.03. The fourth-order valence-electron chi connectivity index (χ4n) is 3.11. The molecule has 0 spiro atoms. The molecule has 0 aliphatic rings. The topological polar surface area (TPSA) is 29.0 Å². The first-order valence-corrected chi connectivity index (χ1v) is 9.64. The minimum absolute atomic E-state index is 0.696. The van der Waals surface area contributed by atoms with E-state index in [-0.39, 0.29) is 0 Å². The fourth-order valence-corrected chi connectivity index (χ4v) is 3.11. The number of nitrogens with zero attached hydrogens (tertiary/aromatic N) is 3. The molecular formula is C26H23N3. The van der Waals surface area contributed by atoms with Gasteiger partial charge in [0.2, 0.25) is 0 Å². The molecular weight excluding hydrogens is 354 g/mol. The predicted molar refractivity (Wildman–Crippen MR) is 123 cm³/mol. The van der Waals surface area contributed by atoms with Crippen LogP contribution in [0, 0.1) is 0 Å². The molecule has 0 saturated carbocycles. The Morgan fingerprint density at radius 1 is 0.621 bits per heavy atom. The SMILES string of the molecule is CN(C)c1ccc(/C=C/c2nc(-c3ccccc3)cc(-c3ccccc3)n2)cc1. The monoisotopic (exact) mass is 377 g/mol. The zero-order chi connectivity index (χ0) is 20.1. The number of hydrogen-bond donors (Lipinski definition) is 0. The largest absolute Gasteiger partial charge is 0.378 e. The van der Waals surface area contributed by atoms with Gasteiger partial charge < -0.3 is 4.90 Å². The second kappa shape index (κ2) is 8.53. The number of aromatic nitrogens is 2. The molecule has 0 atom stereocenters. The molecule has 0 amide bonds. The second-order valence-electron chi connectivity index (χ2n) is 7.05. The summed E-state index contributed by atoms with van der Waals surface area (Å²) >= 11 is 0. The van der Waals surface area contributed by atoms with Crippen molar-refractivity contribution >= 4 is 17.8 Å². The van der Waals surface area contributed by atoms with Crippen LogP contribution in [0.5, 0.6) is 0 Å². The average Bonchev–Trinajstić information content (AvgIpc) is 2.79. The molecule has 4 aromatic rings. The van der Waals surface area contributed by atoms with Gasteiger partial charge in [0.15, 0.2) is 5.82 Å². The molecule has 0 radical (unpaired) electrons. The highest BCUT2D eigenvalue weighted by atomic mass is 15.1. The Balaban J connectivity index is 1.72. The molecule has 29 heavy (non-hydrogen) atoms. The van der Waals surface area contributed by atoms with Crippen LogP contribution in [0.1, 0.15) is 11.4 Å². The average molecular weight is 377 g/mol. The molecule has 142 valence electrons. The Morgan fingerprint density at radius 2 is 1.14 bits per heavy atom. The van der Waals surface area contributed by atoms with Gasteiger partial charge in [-0.25, -0.2) is 9.97 Å². The van der Waals surface area contributed by atoms with Crippen LogP contribution in [0.15, 0.2) is 91.0 Å². The van der Waals surface area contributed by atoms with Crippen LogP contribution in [-0.4, -0.2) is 24.1 Å². The van der Waals surface area contributed by atoms with Crippen molar-refractivity contribution in [3.63, 3.8) is 0 Å². The predicted octanol–water partition coefficient (Wildman–Crippen LogP) is 6.05. The van der Waals surface area contributed by atoms with E-state index in [1.54, 1.807) is 0 Å². The van der Waals surface area contributed by atoms with Crippen molar-refractivity contribution in [3.8, 4) is 22.5 Å². The molecule has 0 aliphatic carbocycles. The van der Waals surface area contributed by atoms with Crippen molar-refractivity contribution in [1.29, 1.82) is 0 Å². The zero-order valence-corrected chi connectivity index (χ0v) is 16.7. The third-order valence-corrected chi connectivity index (χ3v) is 4.72. The minimum Gasteiger partial charge on any atom is -0.378 e. The van der Waals surface area contributed by atoms with Gasteiger partial charge in [0.1, 0.15) is 0 Å². The minimum atomic E-state index is 0.696. The van der Waals surface area contributed by atoms with E-state index >= 15 is 0 Å². The maximum atomic E-state index is 4.78. The Morgan fingerprint density at radius 3 is 1.62 bits per heavy atom. The Hall–Kier alpha value is -3.72. The highest BCUT2D eigenvalue weighted by Crippen LogP contribution is 2.24. The smallest absolute Gasteiger partial charge is 0.153 e. The summed E-state index contributed by atoms with van der Waals surface area (Å²) in [7, 11) is 4.08. The summed E-state index contributed by atoms with van der Waals surface area (Å²) in [5, 5.41) is 0. The summed E-state index contributed by atoms with van der Waals surface area (Å²) in [5.41, 5.74) is 6.29. The van der Waals surface area contributed by atoms with Crippen molar-refractivity contribution < 1.29 is 0 Å². The fraction of sp³-hybridized carbons (Fsp3) is 0.0769. The van der Waals surface area contributed by atoms with E-state index in [1.807, 2.05) is 62.6 Å². The molecule has 0 N–H and O–H groups in total. The van der Waals surface area contributed by atoms with Crippen LogP contribution in [0.25, 0.3) is 34.7 Å². The van der Waals surface area contributed by atoms with E-state index in [0.717, 1.165) is 28.1 Å². The maximum absolute atomic E-state index is 4.78. The van der Waals surface area contributed by atoms with Gasteiger partial charge in [-0.1, -0.05) is 78.9 Å². The molecule has 0 bridgehead atoms. The molecule has 3 nitrogen and oxygen atoms in total. The number of anilines is 1. The van der Waals surface area contributed by atoms with Crippen molar-refractivity contribution in [2.45, 2.75) is 0 Å². The van der Waals surface area contributed by atoms with Gasteiger partial charge in [0, 0.05) is 30.9 Å². The van der Waals surface area contributed by atoms with E-state index < -0.39 is 0 Å². The van der Waals surface area contributed by atoms with Crippen LogP contribution in [0.2, 0.25) is 0 Å². The zero-order valence-electron chi connectivity index (χ0n) is 16.7. The molecule has 0 unspecified atom stereocenters. The van der Waals surface area contributed by atoms with E-state index in [4.69, 9.17) is 9.97 Å². The quantitative estimate of drug-likeness (QED) is 0.424. The Bertz CT molecular complexity index is 1040. The summed E-state index contributed by atoms with van der Waals surface area (Å²) < 4.78 is 0. The van der Waals surface area contributed by atoms with Crippen molar-refractivity contribution in [1.82, 2.24) is 9.97 Å². The third-order valence-electron chi connectivity index (χ3n) is 4.72. The van der Waals surface area contributed by atoms with Gasteiger partial charge >= 0.3 is 0 Å². The van der Waals surface area contributed by atoms with Gasteiger partial charge in [-0.05, 0) is 29.8 Å². The van der Waals surface area contributed by atoms with Crippen LogP contribution >= 0.6 is 0 Å². The first-order chi connectivity index (χ1) is 14.2. The lowest BCUT2D eigenvalue weighted by Crippen LogP contribution is -2.07. The highest BCUT2D eigenvalue weighted by molar-refractivity contribution is 5.73. The van der Waals surface area contributed by atoms with Crippen molar-refractivity contribution in [2.75, 3.05) is 19.0 Å². The molecule has 1 aromatic heterocycles. The number of hydrogen-bond acceptors (Lipinski definition) is 3. The Labute approximate surface area is 172 Å². The van der Waals surface area contributed by atoms with Crippen LogP contribution in [0.4, 0.5) is 5.69 Å². The first kappa shape index (κ1) is 18.6. The van der Waals surface area contributed by atoms with E-state index in [0.29, 0.717) is 5.82 Å². The van der Waals surface area contributed by atoms with E-state index in [9.17, 15) is 0 Å². The lowest BCUT2D eigenvalue weighted by atomic mass is 10.1. The number of benzene rings is 3. The van der Waals surface area contributed by atoms with Crippen LogP contribution in [0.3, 0.4) is 0 Å². The summed E-state index contributed by atoms with van der Waals surface area (Å²) in [5.74, 6) is 0.696. The van der Waals surface area contributed by atoms with Crippen molar-refractivity contribution in [2.24, 2.45) is 0 Å². The van der Waals surface area contributed by atoms with E-state index in [1.165, 1.54) is 5.69 Å². The van der Waals surface area contributed by atoms with Gasteiger partial charge in [-0.15, -0.1) is 0 Å². The normalized spacial score (nSPS) is 11.0. The molecule has 0 aliphatic heterocycles. The lowest BCUT2D eigenvalue weighted by Gasteiger charge is -2.11. The number of rotatable bonds is 5. The highest BCUT2D eigenvalue weighted by Gasteiger charge is 2.07. The molecule has 0 saturated heterocycles. The third kappa shape index (κ3) is 4.58.